The molecular formula is C26H33N3O5. The maximum Gasteiger partial charge on any atom is 0.290 e. The Morgan fingerprint density at radius 2 is 1.91 bits per heavy atom. The highest BCUT2D eigenvalue weighted by molar-refractivity contribution is 5.94. The van der Waals surface area contributed by atoms with E-state index in [-0.39, 0.29) is 13.3 Å². The minimum atomic E-state index is -0.250. The van der Waals surface area contributed by atoms with Crippen LogP contribution in [0.4, 0.5) is 5.69 Å². The van der Waals surface area contributed by atoms with Gasteiger partial charge in [0.2, 0.25) is 12.7 Å². The third-order valence-corrected chi connectivity index (χ3v) is 7.83. The lowest BCUT2D eigenvalue weighted by Gasteiger charge is -2.57. The summed E-state index contributed by atoms with van der Waals surface area (Å²) in [5, 5.41) is 8.03. The quantitative estimate of drug-likeness (QED) is 0.683. The summed E-state index contributed by atoms with van der Waals surface area (Å²) in [5.41, 5.74) is 3.24. The predicted octanol–water partition coefficient (Wildman–Crippen LogP) is 3.98. The zero-order valence-electron chi connectivity index (χ0n) is 19.9. The molecule has 1 N–H and O–H groups in total. The van der Waals surface area contributed by atoms with Crippen LogP contribution < -0.4 is 14.4 Å². The van der Waals surface area contributed by atoms with E-state index in [1.807, 2.05) is 6.07 Å². The molecule has 4 aliphatic heterocycles. The first-order valence-electron chi connectivity index (χ1n) is 12.4. The van der Waals surface area contributed by atoms with Crippen LogP contribution in [0, 0.1) is 18.8 Å². The maximum absolute atomic E-state index is 12.9. The van der Waals surface area contributed by atoms with Gasteiger partial charge in [0, 0.05) is 54.4 Å². The summed E-state index contributed by atoms with van der Waals surface area (Å²) in [6.07, 6.45) is 6.43. The first-order chi connectivity index (χ1) is 16.5. The summed E-state index contributed by atoms with van der Waals surface area (Å²) >= 11 is 0. The van der Waals surface area contributed by atoms with Gasteiger partial charge in [-0.2, -0.15) is 0 Å². The number of carbonyl (C=O) groups excluding carboxylic acids is 1. The number of hydrogen-bond donors (Lipinski definition) is 1. The highest BCUT2D eigenvalue weighted by Crippen LogP contribution is 2.46. The number of carbonyl (C=O) groups is 2. The molecule has 4 aliphatic rings. The Labute approximate surface area is 199 Å². The molecule has 4 atom stereocenters. The molecule has 0 saturated carbocycles. The number of fused-ring (bicyclic) bond motifs is 6. The Kier molecular flexibility index (Phi) is 6.23. The topological polar surface area (TPSA) is 92.2 Å². The number of amides is 1. The lowest BCUT2D eigenvalue weighted by atomic mass is 9.71. The number of anilines is 1. The second-order valence-corrected chi connectivity index (χ2v) is 9.89. The van der Waals surface area contributed by atoms with Crippen LogP contribution in [0.2, 0.25) is 0 Å². The van der Waals surface area contributed by atoms with Crippen molar-refractivity contribution in [3.63, 3.8) is 0 Å². The number of hydrogen-bond acceptors (Lipinski definition) is 6. The van der Waals surface area contributed by atoms with Crippen LogP contribution in [0.3, 0.4) is 0 Å². The van der Waals surface area contributed by atoms with Gasteiger partial charge in [0.1, 0.15) is 0 Å². The van der Waals surface area contributed by atoms with Crippen molar-refractivity contribution in [2.75, 3.05) is 24.8 Å². The molecule has 1 amide bonds. The van der Waals surface area contributed by atoms with Crippen LogP contribution in [0.15, 0.2) is 18.2 Å². The number of aryl methyl sites for hydroxylation is 1. The highest BCUT2D eigenvalue weighted by Gasteiger charge is 2.49. The molecule has 0 spiro atoms. The van der Waals surface area contributed by atoms with Crippen molar-refractivity contribution >= 4 is 29.0 Å². The van der Waals surface area contributed by atoms with Crippen molar-refractivity contribution in [1.29, 1.82) is 0 Å². The Hall–Kier alpha value is -3.03. The number of carboxylic acid groups (broad SMARTS) is 1. The molecule has 0 aliphatic carbocycles. The number of piperidine rings is 3. The van der Waals surface area contributed by atoms with Crippen molar-refractivity contribution in [3.05, 3.63) is 23.9 Å². The van der Waals surface area contributed by atoms with Crippen LogP contribution in [-0.2, 0) is 9.59 Å². The molecule has 1 aromatic heterocycles. The minimum absolute atomic E-state index is 0.250. The van der Waals surface area contributed by atoms with E-state index in [4.69, 9.17) is 24.4 Å². The van der Waals surface area contributed by atoms with Gasteiger partial charge in [0.15, 0.2) is 11.5 Å². The molecule has 0 unspecified atom stereocenters. The maximum atomic E-state index is 12.9. The van der Waals surface area contributed by atoms with Gasteiger partial charge in [0.05, 0.1) is 5.52 Å². The number of pyridine rings is 1. The lowest BCUT2D eigenvalue weighted by Crippen LogP contribution is -2.65. The van der Waals surface area contributed by atoms with Crippen LogP contribution in [0.25, 0.3) is 10.9 Å². The molecule has 3 saturated heterocycles. The van der Waals surface area contributed by atoms with Gasteiger partial charge in [-0.1, -0.05) is 13.3 Å². The third kappa shape index (κ3) is 3.93. The van der Waals surface area contributed by atoms with E-state index < -0.39 is 0 Å². The molecule has 5 heterocycles. The average molecular weight is 468 g/mol. The summed E-state index contributed by atoms with van der Waals surface area (Å²) in [5.74, 6) is 3.08. The van der Waals surface area contributed by atoms with Crippen LogP contribution in [0.1, 0.15) is 51.1 Å². The van der Waals surface area contributed by atoms with E-state index in [0.717, 1.165) is 73.3 Å². The van der Waals surface area contributed by atoms with Crippen molar-refractivity contribution in [2.24, 2.45) is 11.8 Å². The van der Waals surface area contributed by atoms with Gasteiger partial charge in [-0.3, -0.25) is 14.6 Å². The van der Waals surface area contributed by atoms with Gasteiger partial charge >= 0.3 is 0 Å². The fourth-order valence-electron chi connectivity index (χ4n) is 6.63. The Morgan fingerprint density at radius 1 is 1.18 bits per heavy atom. The van der Waals surface area contributed by atoms with E-state index in [2.05, 4.69) is 35.8 Å². The minimum Gasteiger partial charge on any atom is -0.483 e. The zero-order chi connectivity index (χ0) is 23.8. The molecule has 3 fully saturated rings. The fraction of sp³-hybridized carbons (Fsp3) is 0.577. The average Bonchev–Trinajstić information content (AvgIpc) is 3.28. The second kappa shape index (κ2) is 9.31. The zero-order valence-corrected chi connectivity index (χ0v) is 19.9. The Balaban J connectivity index is 0.000000764. The molecule has 6 rings (SSSR count). The number of nitrogens with zero attached hydrogens (tertiary/aromatic N) is 3. The molecule has 2 bridgehead atoms. The molecule has 0 radical (unpaired) electrons. The summed E-state index contributed by atoms with van der Waals surface area (Å²) in [6, 6.07) is 7.14. The normalized spacial score (nSPS) is 27.2. The van der Waals surface area contributed by atoms with E-state index in [0.29, 0.717) is 29.8 Å². The van der Waals surface area contributed by atoms with Crippen molar-refractivity contribution in [2.45, 2.75) is 64.5 Å². The smallest absolute Gasteiger partial charge is 0.290 e. The molecule has 34 heavy (non-hydrogen) atoms. The molecule has 8 heteroatoms. The predicted molar refractivity (Wildman–Crippen MR) is 128 cm³/mol. The number of benzene rings is 1. The molecular weight excluding hydrogens is 434 g/mol. The van der Waals surface area contributed by atoms with Crippen LogP contribution in [-0.4, -0.2) is 59.3 Å². The lowest BCUT2D eigenvalue weighted by molar-refractivity contribution is -0.149. The van der Waals surface area contributed by atoms with E-state index in [9.17, 15) is 4.79 Å². The van der Waals surface area contributed by atoms with Gasteiger partial charge in [0.25, 0.3) is 6.47 Å². The van der Waals surface area contributed by atoms with Crippen molar-refractivity contribution in [1.82, 2.24) is 9.88 Å². The Morgan fingerprint density at radius 3 is 2.68 bits per heavy atom. The standard InChI is InChI=1S/C25H31N3O3.CH2O2/c1-3-5-20-16-9-17(21-6-4-7-25(29)28(20)21)13-27(12-16)22-8-15(2)26-19-11-24-23(10-18(19)22)30-14-31-24;2-1-3/h8,10-11,16-17,20-21H,3-7,9,12-14H2,1-2H3;1H,(H,2,3)/t16-,17+,20-,21-;/m0./s1. The SMILES string of the molecule is CCC[C@H]1[C@H]2C[C@H](CN(c3cc(C)nc4cc5c(cc34)OCO5)C2)[C@@H]2CCCC(=O)N21.O=CO. The number of rotatable bonds is 3. The summed E-state index contributed by atoms with van der Waals surface area (Å²) in [4.78, 5) is 31.0. The monoisotopic (exact) mass is 467 g/mol. The van der Waals surface area contributed by atoms with E-state index in [1.54, 1.807) is 0 Å². The molecule has 182 valence electrons. The van der Waals surface area contributed by atoms with Crippen molar-refractivity contribution in [3.8, 4) is 11.5 Å². The van der Waals surface area contributed by atoms with E-state index >= 15 is 0 Å². The van der Waals surface area contributed by atoms with Crippen LogP contribution >= 0.6 is 0 Å². The largest absolute Gasteiger partial charge is 0.483 e. The van der Waals surface area contributed by atoms with Gasteiger partial charge in [-0.05, 0) is 56.6 Å². The van der Waals surface area contributed by atoms with Crippen molar-refractivity contribution < 1.29 is 24.2 Å². The van der Waals surface area contributed by atoms with Crippen LogP contribution in [0.5, 0.6) is 11.5 Å². The van der Waals surface area contributed by atoms with E-state index in [1.165, 1.54) is 12.1 Å². The van der Waals surface area contributed by atoms with Gasteiger partial charge in [-0.15, -0.1) is 0 Å². The first kappa shape index (κ1) is 22.7. The third-order valence-electron chi connectivity index (χ3n) is 7.83. The molecule has 8 nitrogen and oxygen atoms in total. The first-order valence-corrected chi connectivity index (χ1v) is 12.4. The van der Waals surface area contributed by atoms with Gasteiger partial charge < -0.3 is 24.4 Å². The highest BCUT2D eigenvalue weighted by atomic mass is 16.7. The molecule has 2 aromatic rings. The number of ether oxygens (including phenoxy) is 2. The second-order valence-electron chi connectivity index (χ2n) is 9.89. The van der Waals surface area contributed by atoms with Gasteiger partial charge in [-0.25, -0.2) is 0 Å². The molecule has 1 aromatic carbocycles. The summed E-state index contributed by atoms with van der Waals surface area (Å²) < 4.78 is 11.3. The number of aromatic nitrogens is 1. The fourth-order valence-corrected chi connectivity index (χ4v) is 6.63. The summed E-state index contributed by atoms with van der Waals surface area (Å²) in [6.45, 7) is 6.36. The Bertz CT molecular complexity index is 1090. The summed E-state index contributed by atoms with van der Waals surface area (Å²) in [7, 11) is 0.